The molecule has 2 heterocycles. The maximum atomic E-state index is 13.3. The van der Waals surface area contributed by atoms with Gasteiger partial charge in [-0.25, -0.2) is 4.39 Å². The van der Waals surface area contributed by atoms with Crippen LogP contribution in [-0.2, 0) is 4.79 Å². The summed E-state index contributed by atoms with van der Waals surface area (Å²) < 4.78 is 18.6. The topological polar surface area (TPSA) is 58.4 Å². The molecule has 0 atom stereocenters. The lowest BCUT2D eigenvalue weighted by molar-refractivity contribution is -0.117. The molecule has 0 radical (unpaired) electrons. The lowest BCUT2D eigenvalue weighted by atomic mass is 9.91. The van der Waals surface area contributed by atoms with Crippen molar-refractivity contribution in [2.24, 2.45) is 0 Å². The summed E-state index contributed by atoms with van der Waals surface area (Å²) in [6.07, 6.45) is 1.80. The Bertz CT molecular complexity index is 944. The average molecular weight is 367 g/mol. The fourth-order valence-corrected chi connectivity index (χ4v) is 3.63. The van der Waals surface area contributed by atoms with Gasteiger partial charge in [-0.05, 0) is 57.1 Å². The van der Waals surface area contributed by atoms with Crippen molar-refractivity contribution in [2.75, 3.05) is 25.0 Å². The van der Waals surface area contributed by atoms with E-state index in [9.17, 15) is 9.18 Å². The molecule has 1 fully saturated rings. The summed E-state index contributed by atoms with van der Waals surface area (Å²) in [7, 11) is 0. The fourth-order valence-electron chi connectivity index (χ4n) is 3.63. The van der Waals surface area contributed by atoms with Crippen LogP contribution >= 0.6 is 0 Å². The zero-order valence-corrected chi connectivity index (χ0v) is 15.2. The molecule has 1 N–H and O–H groups in total. The Balaban J connectivity index is 1.33. The summed E-state index contributed by atoms with van der Waals surface area (Å²) >= 11 is 0. The number of benzene rings is 2. The number of amides is 1. The largest absolute Gasteiger partial charge is 0.356 e. The van der Waals surface area contributed by atoms with Crippen molar-refractivity contribution in [1.82, 2.24) is 10.1 Å². The summed E-state index contributed by atoms with van der Waals surface area (Å²) in [5, 5.41) is 7.99. The van der Waals surface area contributed by atoms with Gasteiger partial charge in [0, 0.05) is 23.1 Å². The lowest BCUT2D eigenvalue weighted by Gasteiger charge is -2.30. The standard InChI is InChI=1S/C21H22FN3O2/c1-14-2-5-17(6-3-14)23-20(26)13-25-10-8-15(9-11-25)21-18-7-4-16(22)12-19(18)27-24-21/h2-7,12,15H,8-11,13H2,1H3,(H,23,26). The zero-order chi connectivity index (χ0) is 18.8. The minimum atomic E-state index is -0.320. The number of aromatic nitrogens is 1. The first kappa shape index (κ1) is 17.7. The molecule has 1 amide bonds. The molecular formula is C21H22FN3O2. The number of fused-ring (bicyclic) bond motifs is 1. The molecule has 0 unspecified atom stereocenters. The second kappa shape index (κ2) is 7.48. The van der Waals surface area contributed by atoms with E-state index in [0.717, 1.165) is 48.3 Å². The van der Waals surface area contributed by atoms with Crippen LogP contribution in [0.5, 0.6) is 0 Å². The minimum absolute atomic E-state index is 0.000311. The van der Waals surface area contributed by atoms with Gasteiger partial charge in [-0.1, -0.05) is 22.9 Å². The Labute approximate surface area is 157 Å². The summed E-state index contributed by atoms with van der Waals surface area (Å²) in [6, 6.07) is 12.3. The highest BCUT2D eigenvalue weighted by atomic mass is 19.1. The third-order valence-electron chi connectivity index (χ3n) is 5.14. The van der Waals surface area contributed by atoms with E-state index in [1.54, 1.807) is 6.07 Å². The van der Waals surface area contributed by atoms with Crippen LogP contribution in [0.4, 0.5) is 10.1 Å². The monoisotopic (exact) mass is 367 g/mol. The number of hydrogen-bond donors (Lipinski definition) is 1. The molecule has 4 rings (SSSR count). The van der Waals surface area contributed by atoms with Crippen molar-refractivity contribution in [3.05, 3.63) is 59.5 Å². The summed E-state index contributed by atoms with van der Waals surface area (Å²) in [5.74, 6) is -0.0487. The highest BCUT2D eigenvalue weighted by Crippen LogP contribution is 2.32. The van der Waals surface area contributed by atoms with Crippen LogP contribution in [0.1, 0.15) is 30.0 Å². The maximum absolute atomic E-state index is 13.3. The Morgan fingerprint density at radius 3 is 2.70 bits per heavy atom. The predicted octanol–water partition coefficient (Wildman–Crippen LogP) is 4.09. The van der Waals surface area contributed by atoms with Crippen molar-refractivity contribution >= 4 is 22.6 Å². The zero-order valence-electron chi connectivity index (χ0n) is 15.2. The van der Waals surface area contributed by atoms with Gasteiger partial charge in [0.1, 0.15) is 5.82 Å². The summed E-state index contributed by atoms with van der Waals surface area (Å²) in [6.45, 7) is 4.04. The minimum Gasteiger partial charge on any atom is -0.356 e. The van der Waals surface area contributed by atoms with E-state index < -0.39 is 0 Å². The Kier molecular flexibility index (Phi) is 4.90. The van der Waals surface area contributed by atoms with Crippen LogP contribution in [0.3, 0.4) is 0 Å². The number of nitrogens with zero attached hydrogens (tertiary/aromatic N) is 2. The summed E-state index contributed by atoms with van der Waals surface area (Å²) in [4.78, 5) is 14.4. The molecule has 0 aliphatic carbocycles. The van der Waals surface area contributed by atoms with Crippen molar-refractivity contribution < 1.29 is 13.7 Å². The second-order valence-corrected chi connectivity index (χ2v) is 7.17. The molecule has 0 spiro atoms. The second-order valence-electron chi connectivity index (χ2n) is 7.17. The van der Waals surface area contributed by atoms with E-state index in [0.29, 0.717) is 12.1 Å². The van der Waals surface area contributed by atoms with Gasteiger partial charge in [-0.15, -0.1) is 0 Å². The number of hydrogen-bond acceptors (Lipinski definition) is 4. The number of piperidine rings is 1. The maximum Gasteiger partial charge on any atom is 0.238 e. The van der Waals surface area contributed by atoms with Crippen molar-refractivity contribution in [2.45, 2.75) is 25.7 Å². The average Bonchev–Trinajstić information content (AvgIpc) is 3.07. The predicted molar refractivity (Wildman–Crippen MR) is 102 cm³/mol. The van der Waals surface area contributed by atoms with E-state index in [1.165, 1.54) is 12.1 Å². The first-order valence-corrected chi connectivity index (χ1v) is 9.22. The van der Waals surface area contributed by atoms with Crippen molar-refractivity contribution in [3.8, 4) is 0 Å². The van der Waals surface area contributed by atoms with Crippen LogP contribution < -0.4 is 5.32 Å². The number of anilines is 1. The molecule has 27 heavy (non-hydrogen) atoms. The van der Waals surface area contributed by atoms with E-state index in [4.69, 9.17) is 4.52 Å². The van der Waals surface area contributed by atoms with Gasteiger partial charge >= 0.3 is 0 Å². The highest BCUT2D eigenvalue weighted by Gasteiger charge is 2.26. The Morgan fingerprint density at radius 1 is 1.22 bits per heavy atom. The molecule has 3 aromatic rings. The number of halogens is 1. The third-order valence-corrected chi connectivity index (χ3v) is 5.14. The molecule has 1 aliphatic heterocycles. The Hall–Kier alpha value is -2.73. The quantitative estimate of drug-likeness (QED) is 0.754. The summed E-state index contributed by atoms with van der Waals surface area (Å²) in [5.41, 5.74) is 3.37. The van der Waals surface area contributed by atoms with E-state index >= 15 is 0 Å². The van der Waals surface area contributed by atoms with Crippen LogP contribution in [0.15, 0.2) is 47.0 Å². The number of rotatable bonds is 4. The number of carbonyl (C=O) groups excluding carboxylic acids is 1. The lowest BCUT2D eigenvalue weighted by Crippen LogP contribution is -2.38. The molecule has 5 nitrogen and oxygen atoms in total. The highest BCUT2D eigenvalue weighted by molar-refractivity contribution is 5.92. The third kappa shape index (κ3) is 4.01. The van der Waals surface area contributed by atoms with Crippen LogP contribution in [0, 0.1) is 12.7 Å². The normalized spacial score (nSPS) is 15.9. The number of aryl methyl sites for hydroxylation is 1. The number of likely N-dealkylation sites (tertiary alicyclic amines) is 1. The van der Waals surface area contributed by atoms with E-state index in [2.05, 4.69) is 15.4 Å². The van der Waals surface area contributed by atoms with Crippen molar-refractivity contribution in [3.63, 3.8) is 0 Å². The van der Waals surface area contributed by atoms with Crippen LogP contribution in [-0.4, -0.2) is 35.6 Å². The van der Waals surface area contributed by atoms with Crippen LogP contribution in [0.25, 0.3) is 11.0 Å². The van der Waals surface area contributed by atoms with Gasteiger partial charge in [0.15, 0.2) is 5.58 Å². The molecule has 1 aliphatic rings. The SMILES string of the molecule is Cc1ccc(NC(=O)CN2CCC(c3noc4cc(F)ccc34)CC2)cc1. The first-order valence-electron chi connectivity index (χ1n) is 9.22. The molecular weight excluding hydrogens is 345 g/mol. The first-order chi connectivity index (χ1) is 13.1. The van der Waals surface area contributed by atoms with Gasteiger partial charge in [-0.2, -0.15) is 0 Å². The van der Waals surface area contributed by atoms with Gasteiger partial charge in [0.25, 0.3) is 0 Å². The Morgan fingerprint density at radius 2 is 1.96 bits per heavy atom. The smallest absolute Gasteiger partial charge is 0.238 e. The van der Waals surface area contributed by atoms with Crippen molar-refractivity contribution in [1.29, 1.82) is 0 Å². The number of carbonyl (C=O) groups is 1. The van der Waals surface area contributed by atoms with Crippen LogP contribution in [0.2, 0.25) is 0 Å². The van der Waals surface area contributed by atoms with Gasteiger partial charge in [0.2, 0.25) is 5.91 Å². The van der Waals surface area contributed by atoms with E-state index in [1.807, 2.05) is 31.2 Å². The molecule has 6 heteroatoms. The molecule has 0 bridgehead atoms. The number of nitrogens with one attached hydrogen (secondary N) is 1. The molecule has 1 saturated heterocycles. The van der Waals surface area contributed by atoms with Gasteiger partial charge in [-0.3, -0.25) is 9.69 Å². The molecule has 1 aromatic heterocycles. The molecule has 2 aromatic carbocycles. The van der Waals surface area contributed by atoms with E-state index in [-0.39, 0.29) is 17.6 Å². The molecule has 0 saturated carbocycles. The fraction of sp³-hybridized carbons (Fsp3) is 0.333. The van der Waals surface area contributed by atoms with Gasteiger partial charge < -0.3 is 9.84 Å². The molecule has 140 valence electrons. The van der Waals surface area contributed by atoms with Gasteiger partial charge in [0.05, 0.1) is 12.2 Å².